The molecule has 2 aromatic rings. The second-order valence-electron chi connectivity index (χ2n) is 4.56. The highest BCUT2D eigenvalue weighted by atomic mass is 16.7. The molecule has 1 aliphatic rings. The van der Waals surface area contributed by atoms with E-state index in [-0.39, 0.29) is 12.7 Å². The van der Waals surface area contributed by atoms with Crippen LogP contribution in [-0.2, 0) is 4.79 Å². The highest BCUT2D eigenvalue weighted by Gasteiger charge is 2.11. The molecule has 1 N–H and O–H groups in total. The fraction of sp³-hybridized carbons (Fsp3) is 0.0588. The van der Waals surface area contributed by atoms with Gasteiger partial charge in [-0.15, -0.1) is 0 Å². The predicted octanol–water partition coefficient (Wildman–Crippen LogP) is 3.02. The van der Waals surface area contributed by atoms with Crippen molar-refractivity contribution in [2.45, 2.75) is 0 Å². The Balaban J connectivity index is 1.56. The number of fused-ring (bicyclic) bond motifs is 1. The third kappa shape index (κ3) is 3.52. The van der Waals surface area contributed by atoms with Gasteiger partial charge < -0.3 is 14.8 Å². The predicted molar refractivity (Wildman–Crippen MR) is 83.6 cm³/mol. The van der Waals surface area contributed by atoms with E-state index in [1.807, 2.05) is 24.3 Å². The number of nitrogens with zero attached hydrogens (tertiary/aromatic N) is 1. The van der Waals surface area contributed by atoms with Crippen LogP contribution in [0.15, 0.2) is 61.0 Å². The number of nitrogens with one attached hydrogen (secondary N) is 1. The van der Waals surface area contributed by atoms with Gasteiger partial charge in [-0.3, -0.25) is 9.78 Å². The summed E-state index contributed by atoms with van der Waals surface area (Å²) >= 11 is 0. The number of carbonyl (C=O) groups is 1. The topological polar surface area (TPSA) is 60.5 Å². The molecule has 110 valence electrons. The molecule has 0 aliphatic carbocycles. The second-order valence-corrected chi connectivity index (χ2v) is 4.56. The molecule has 0 saturated carbocycles. The Kier molecular flexibility index (Phi) is 4.15. The third-order valence-electron chi connectivity index (χ3n) is 2.97. The molecule has 0 atom stereocenters. The molecular formula is C17H14N2O3. The molecule has 1 aromatic heterocycles. The zero-order valence-electron chi connectivity index (χ0n) is 11.7. The fourth-order valence-corrected chi connectivity index (χ4v) is 1.95. The van der Waals surface area contributed by atoms with Crippen molar-refractivity contribution in [1.82, 2.24) is 4.98 Å². The molecule has 22 heavy (non-hydrogen) atoms. The van der Waals surface area contributed by atoms with E-state index in [1.165, 1.54) is 6.08 Å². The first-order valence-electron chi connectivity index (χ1n) is 6.77. The van der Waals surface area contributed by atoms with Crippen LogP contribution in [0.4, 0.5) is 5.69 Å². The van der Waals surface area contributed by atoms with Crippen molar-refractivity contribution in [2.24, 2.45) is 0 Å². The summed E-state index contributed by atoms with van der Waals surface area (Å²) < 4.78 is 10.6. The van der Waals surface area contributed by atoms with Crippen LogP contribution in [0, 0.1) is 0 Å². The Bertz CT molecular complexity index is 724. The van der Waals surface area contributed by atoms with E-state index < -0.39 is 0 Å². The van der Waals surface area contributed by atoms with E-state index >= 15 is 0 Å². The Morgan fingerprint density at radius 3 is 2.95 bits per heavy atom. The number of rotatable bonds is 4. The molecule has 1 aromatic carbocycles. The van der Waals surface area contributed by atoms with Gasteiger partial charge in [0.25, 0.3) is 0 Å². The van der Waals surface area contributed by atoms with Crippen LogP contribution in [0.1, 0.15) is 5.56 Å². The number of ether oxygens (including phenoxy) is 2. The molecule has 0 fully saturated rings. The average molecular weight is 294 g/mol. The summed E-state index contributed by atoms with van der Waals surface area (Å²) in [5.41, 5.74) is 1.64. The SMILES string of the molecule is O=C(/C=C/C=C/c1ccc2c(c1)OCO2)Nc1cccnc1. The van der Waals surface area contributed by atoms with Crippen molar-refractivity contribution in [3.63, 3.8) is 0 Å². The van der Waals surface area contributed by atoms with Crippen LogP contribution in [0.3, 0.4) is 0 Å². The van der Waals surface area contributed by atoms with Gasteiger partial charge in [0, 0.05) is 12.3 Å². The van der Waals surface area contributed by atoms with Gasteiger partial charge in [-0.25, -0.2) is 0 Å². The molecule has 0 unspecified atom stereocenters. The summed E-state index contributed by atoms with van der Waals surface area (Å²) in [7, 11) is 0. The second kappa shape index (κ2) is 6.58. The van der Waals surface area contributed by atoms with E-state index in [0.29, 0.717) is 5.69 Å². The Morgan fingerprint density at radius 1 is 1.18 bits per heavy atom. The summed E-state index contributed by atoms with van der Waals surface area (Å²) in [5.74, 6) is 1.28. The van der Waals surface area contributed by atoms with Crippen LogP contribution < -0.4 is 14.8 Å². The van der Waals surface area contributed by atoms with Gasteiger partial charge in [-0.1, -0.05) is 24.3 Å². The third-order valence-corrected chi connectivity index (χ3v) is 2.97. The number of benzene rings is 1. The first kappa shape index (κ1) is 13.9. The maximum absolute atomic E-state index is 11.7. The van der Waals surface area contributed by atoms with Crippen LogP contribution in [0.2, 0.25) is 0 Å². The summed E-state index contributed by atoms with van der Waals surface area (Å²) in [4.78, 5) is 15.6. The zero-order chi connectivity index (χ0) is 15.2. The first-order chi connectivity index (χ1) is 10.8. The maximum atomic E-state index is 11.7. The minimum Gasteiger partial charge on any atom is -0.454 e. The van der Waals surface area contributed by atoms with Gasteiger partial charge in [0.15, 0.2) is 11.5 Å². The minimum atomic E-state index is -0.205. The highest BCUT2D eigenvalue weighted by Crippen LogP contribution is 2.32. The number of hydrogen-bond acceptors (Lipinski definition) is 4. The molecule has 0 saturated heterocycles. The van der Waals surface area contributed by atoms with Crippen molar-refractivity contribution in [2.75, 3.05) is 12.1 Å². The molecular weight excluding hydrogens is 280 g/mol. The number of carbonyl (C=O) groups excluding carboxylic acids is 1. The van der Waals surface area contributed by atoms with Crippen LogP contribution in [-0.4, -0.2) is 17.7 Å². The van der Waals surface area contributed by atoms with E-state index in [1.54, 1.807) is 36.7 Å². The lowest BCUT2D eigenvalue weighted by atomic mass is 10.2. The Labute approximate surface area is 127 Å². The van der Waals surface area contributed by atoms with Crippen molar-refractivity contribution < 1.29 is 14.3 Å². The highest BCUT2D eigenvalue weighted by molar-refractivity contribution is 5.99. The molecule has 3 rings (SSSR count). The maximum Gasteiger partial charge on any atom is 0.248 e. The molecule has 5 nitrogen and oxygen atoms in total. The lowest BCUT2D eigenvalue weighted by Gasteiger charge is -1.99. The largest absolute Gasteiger partial charge is 0.454 e. The first-order valence-corrected chi connectivity index (χ1v) is 6.77. The van der Waals surface area contributed by atoms with Crippen LogP contribution in [0.5, 0.6) is 11.5 Å². The minimum absolute atomic E-state index is 0.205. The average Bonchev–Trinajstić information content (AvgIpc) is 3.00. The molecule has 1 aliphatic heterocycles. The fourth-order valence-electron chi connectivity index (χ4n) is 1.95. The number of amides is 1. The quantitative estimate of drug-likeness (QED) is 0.695. The summed E-state index contributed by atoms with van der Waals surface area (Å²) in [6.45, 7) is 0.261. The molecule has 2 heterocycles. The smallest absolute Gasteiger partial charge is 0.248 e. The van der Waals surface area contributed by atoms with Crippen LogP contribution in [0.25, 0.3) is 6.08 Å². The van der Waals surface area contributed by atoms with Gasteiger partial charge in [0.1, 0.15) is 0 Å². The monoisotopic (exact) mass is 294 g/mol. The molecule has 0 bridgehead atoms. The summed E-state index contributed by atoms with van der Waals surface area (Å²) in [6, 6.07) is 9.22. The lowest BCUT2D eigenvalue weighted by molar-refractivity contribution is -0.111. The van der Waals surface area contributed by atoms with Crippen molar-refractivity contribution in [3.05, 3.63) is 66.5 Å². The summed E-state index contributed by atoms with van der Waals surface area (Å²) in [5, 5.41) is 2.72. The van der Waals surface area contributed by atoms with Gasteiger partial charge in [0.2, 0.25) is 12.7 Å². The Hall–Kier alpha value is -3.08. The van der Waals surface area contributed by atoms with Gasteiger partial charge in [0.05, 0.1) is 11.9 Å². The normalized spacial score (nSPS) is 12.9. The molecule has 0 spiro atoms. The van der Waals surface area contributed by atoms with Crippen molar-refractivity contribution in [3.8, 4) is 11.5 Å². The molecule has 5 heteroatoms. The van der Waals surface area contributed by atoms with Crippen molar-refractivity contribution in [1.29, 1.82) is 0 Å². The number of aromatic nitrogens is 1. The number of pyridine rings is 1. The van der Waals surface area contributed by atoms with E-state index in [4.69, 9.17) is 9.47 Å². The zero-order valence-corrected chi connectivity index (χ0v) is 11.7. The molecule has 0 radical (unpaired) electrons. The standard InChI is InChI=1S/C17H14N2O3/c20-17(19-14-5-3-9-18-11-14)6-2-1-4-13-7-8-15-16(10-13)22-12-21-15/h1-11H,12H2,(H,19,20)/b4-1+,6-2+. The molecule has 1 amide bonds. The van der Waals surface area contributed by atoms with Gasteiger partial charge >= 0.3 is 0 Å². The van der Waals surface area contributed by atoms with E-state index in [0.717, 1.165) is 17.1 Å². The summed E-state index contributed by atoms with van der Waals surface area (Å²) in [6.07, 6.45) is 10.1. The van der Waals surface area contributed by atoms with E-state index in [9.17, 15) is 4.79 Å². The van der Waals surface area contributed by atoms with Crippen molar-refractivity contribution >= 4 is 17.7 Å². The van der Waals surface area contributed by atoms with Gasteiger partial charge in [-0.2, -0.15) is 0 Å². The number of hydrogen-bond donors (Lipinski definition) is 1. The van der Waals surface area contributed by atoms with Gasteiger partial charge in [-0.05, 0) is 29.8 Å². The number of anilines is 1. The lowest BCUT2D eigenvalue weighted by Crippen LogP contribution is -2.07. The van der Waals surface area contributed by atoms with E-state index in [2.05, 4.69) is 10.3 Å². The Morgan fingerprint density at radius 2 is 2.09 bits per heavy atom. The number of allylic oxidation sites excluding steroid dienone is 2. The van der Waals surface area contributed by atoms with Crippen LogP contribution >= 0.6 is 0 Å².